The fraction of sp³-hybridized carbons (Fsp3) is 0.474. The van der Waals surface area contributed by atoms with E-state index in [1.807, 2.05) is 24.3 Å². The molecule has 144 valence electrons. The number of carbonyl (C=O) groups is 3. The summed E-state index contributed by atoms with van der Waals surface area (Å²) in [6.07, 6.45) is 1.95. The van der Waals surface area contributed by atoms with Crippen LogP contribution in [0.25, 0.3) is 11.0 Å². The summed E-state index contributed by atoms with van der Waals surface area (Å²) in [5.41, 5.74) is 1.19. The highest BCUT2D eigenvalue weighted by atomic mass is 16.4. The SMILES string of the molecule is CN(Cc1nc2ccccc2[nH]1)C(=O)CC[C@]1(CCC(=O)O)CCC(=O)N1. The number of aromatic amines is 1. The lowest BCUT2D eigenvalue weighted by Crippen LogP contribution is -2.43. The smallest absolute Gasteiger partial charge is 0.303 e. The third-order valence-corrected chi connectivity index (χ3v) is 5.12. The van der Waals surface area contributed by atoms with Crippen LogP contribution in [0, 0.1) is 0 Å². The van der Waals surface area contributed by atoms with Crippen molar-refractivity contribution in [1.82, 2.24) is 20.2 Å². The van der Waals surface area contributed by atoms with Crippen LogP contribution < -0.4 is 5.32 Å². The quantitative estimate of drug-likeness (QED) is 0.654. The van der Waals surface area contributed by atoms with Crippen molar-refractivity contribution in [3.63, 3.8) is 0 Å². The largest absolute Gasteiger partial charge is 0.481 e. The van der Waals surface area contributed by atoms with E-state index in [0.717, 1.165) is 11.0 Å². The molecule has 0 radical (unpaired) electrons. The first-order valence-electron chi connectivity index (χ1n) is 9.07. The van der Waals surface area contributed by atoms with Crippen molar-refractivity contribution >= 4 is 28.8 Å². The van der Waals surface area contributed by atoms with E-state index in [2.05, 4.69) is 15.3 Å². The van der Waals surface area contributed by atoms with Crippen molar-refractivity contribution in [2.75, 3.05) is 7.05 Å². The second-order valence-electron chi connectivity index (χ2n) is 7.17. The minimum atomic E-state index is -0.899. The van der Waals surface area contributed by atoms with Gasteiger partial charge in [0.2, 0.25) is 11.8 Å². The van der Waals surface area contributed by atoms with Crippen LogP contribution in [-0.4, -0.2) is 50.3 Å². The number of benzene rings is 1. The highest BCUT2D eigenvalue weighted by Crippen LogP contribution is 2.30. The van der Waals surface area contributed by atoms with Crippen molar-refractivity contribution in [2.45, 2.75) is 50.6 Å². The molecule has 0 saturated carbocycles. The minimum Gasteiger partial charge on any atom is -0.481 e. The number of carbonyl (C=O) groups excluding carboxylic acids is 2. The van der Waals surface area contributed by atoms with Crippen molar-refractivity contribution in [1.29, 1.82) is 0 Å². The van der Waals surface area contributed by atoms with Gasteiger partial charge in [0.05, 0.1) is 17.6 Å². The van der Waals surface area contributed by atoms with Gasteiger partial charge in [-0.3, -0.25) is 14.4 Å². The minimum absolute atomic E-state index is 0.0245. The number of carboxylic acids is 1. The summed E-state index contributed by atoms with van der Waals surface area (Å²) in [5, 5.41) is 11.8. The van der Waals surface area contributed by atoms with Crippen molar-refractivity contribution in [3.05, 3.63) is 30.1 Å². The lowest BCUT2D eigenvalue weighted by atomic mass is 9.86. The molecule has 0 bridgehead atoms. The Morgan fingerprint density at radius 3 is 2.67 bits per heavy atom. The maximum Gasteiger partial charge on any atom is 0.303 e. The lowest BCUT2D eigenvalue weighted by molar-refractivity contribution is -0.137. The van der Waals surface area contributed by atoms with E-state index < -0.39 is 11.5 Å². The molecule has 8 heteroatoms. The zero-order chi connectivity index (χ0) is 19.4. The molecule has 0 aliphatic carbocycles. The van der Waals surface area contributed by atoms with Gasteiger partial charge in [-0.1, -0.05) is 12.1 Å². The van der Waals surface area contributed by atoms with Gasteiger partial charge in [-0.2, -0.15) is 0 Å². The molecule has 1 aromatic heterocycles. The van der Waals surface area contributed by atoms with Gasteiger partial charge in [0.1, 0.15) is 5.82 Å². The molecule has 1 aliphatic rings. The number of hydrogen-bond donors (Lipinski definition) is 3. The van der Waals surface area contributed by atoms with E-state index in [0.29, 0.717) is 38.1 Å². The third kappa shape index (κ3) is 4.64. The first-order chi connectivity index (χ1) is 12.9. The summed E-state index contributed by atoms with van der Waals surface area (Å²) in [6, 6.07) is 7.68. The fourth-order valence-corrected chi connectivity index (χ4v) is 3.55. The Morgan fingerprint density at radius 2 is 2.00 bits per heavy atom. The molecule has 2 aromatic rings. The highest BCUT2D eigenvalue weighted by Gasteiger charge is 2.38. The number of rotatable bonds is 8. The third-order valence-electron chi connectivity index (χ3n) is 5.12. The normalized spacial score (nSPS) is 19.2. The van der Waals surface area contributed by atoms with Crippen LogP contribution in [-0.2, 0) is 20.9 Å². The topological polar surface area (TPSA) is 115 Å². The molecule has 1 atom stereocenters. The zero-order valence-electron chi connectivity index (χ0n) is 15.3. The monoisotopic (exact) mass is 372 g/mol. The number of imidazole rings is 1. The van der Waals surface area contributed by atoms with E-state index in [-0.39, 0.29) is 24.7 Å². The summed E-state index contributed by atoms with van der Waals surface area (Å²) in [4.78, 5) is 44.4. The molecule has 0 unspecified atom stereocenters. The fourth-order valence-electron chi connectivity index (χ4n) is 3.55. The molecule has 2 heterocycles. The molecule has 1 fully saturated rings. The van der Waals surface area contributed by atoms with Crippen LogP contribution in [0.3, 0.4) is 0 Å². The van der Waals surface area contributed by atoms with Crippen LogP contribution in [0.1, 0.15) is 44.3 Å². The Labute approximate surface area is 157 Å². The number of aliphatic carboxylic acids is 1. The van der Waals surface area contributed by atoms with Gasteiger partial charge in [-0.15, -0.1) is 0 Å². The van der Waals surface area contributed by atoms with Crippen LogP contribution in [0.4, 0.5) is 0 Å². The molecule has 8 nitrogen and oxygen atoms in total. The second-order valence-corrected chi connectivity index (χ2v) is 7.17. The van der Waals surface area contributed by atoms with Crippen molar-refractivity contribution in [3.8, 4) is 0 Å². The first-order valence-corrected chi connectivity index (χ1v) is 9.07. The van der Waals surface area contributed by atoms with Gasteiger partial charge in [-0.05, 0) is 31.4 Å². The number of aromatic nitrogens is 2. The number of hydrogen-bond acceptors (Lipinski definition) is 4. The van der Waals surface area contributed by atoms with E-state index in [1.165, 1.54) is 0 Å². The number of carboxylic acid groups (broad SMARTS) is 1. The standard InChI is InChI=1S/C19H24N4O4/c1-23(12-15-20-13-4-2-3-5-14(13)21-15)17(25)7-10-19(11-8-18(26)27)9-6-16(24)22-19/h2-5H,6-12H2,1H3,(H,20,21)(H,22,24)(H,26,27)/t19-/m0/s1. The predicted molar refractivity (Wildman–Crippen MR) is 98.8 cm³/mol. The molecule has 1 aliphatic heterocycles. The Kier molecular flexibility index (Phi) is 5.43. The predicted octanol–water partition coefficient (Wildman–Crippen LogP) is 1.82. The van der Waals surface area contributed by atoms with Crippen molar-refractivity contribution < 1.29 is 19.5 Å². The van der Waals surface area contributed by atoms with E-state index in [9.17, 15) is 14.4 Å². The number of nitrogens with zero attached hydrogens (tertiary/aromatic N) is 2. The van der Waals surface area contributed by atoms with E-state index >= 15 is 0 Å². The number of H-pyrrole nitrogens is 1. The van der Waals surface area contributed by atoms with Crippen LogP contribution in [0.5, 0.6) is 0 Å². The van der Waals surface area contributed by atoms with Crippen LogP contribution in [0.15, 0.2) is 24.3 Å². The van der Waals surface area contributed by atoms with Gasteiger partial charge in [0, 0.05) is 31.8 Å². The van der Waals surface area contributed by atoms with E-state index in [1.54, 1.807) is 11.9 Å². The molecule has 1 saturated heterocycles. The van der Waals surface area contributed by atoms with Gasteiger partial charge in [0.15, 0.2) is 0 Å². The molecule has 0 spiro atoms. The van der Waals surface area contributed by atoms with Crippen LogP contribution in [0.2, 0.25) is 0 Å². The summed E-state index contributed by atoms with van der Waals surface area (Å²) in [7, 11) is 1.71. The second kappa shape index (κ2) is 7.77. The van der Waals surface area contributed by atoms with Crippen LogP contribution >= 0.6 is 0 Å². The molecule has 3 N–H and O–H groups in total. The molecule has 2 amide bonds. The number of fused-ring (bicyclic) bond motifs is 1. The van der Waals surface area contributed by atoms with Gasteiger partial charge >= 0.3 is 5.97 Å². The summed E-state index contributed by atoms with van der Waals surface area (Å²) in [6.45, 7) is 0.363. The Bertz CT molecular complexity index is 829. The Balaban J connectivity index is 1.57. The highest BCUT2D eigenvalue weighted by molar-refractivity contribution is 5.80. The average molecular weight is 372 g/mol. The van der Waals surface area contributed by atoms with E-state index in [4.69, 9.17) is 5.11 Å². The molecule has 1 aromatic carbocycles. The Morgan fingerprint density at radius 1 is 1.26 bits per heavy atom. The molecular formula is C19H24N4O4. The van der Waals surface area contributed by atoms with Gasteiger partial charge in [0.25, 0.3) is 0 Å². The average Bonchev–Trinajstić information content (AvgIpc) is 3.21. The number of nitrogens with one attached hydrogen (secondary N) is 2. The molecular weight excluding hydrogens is 348 g/mol. The van der Waals surface area contributed by atoms with Gasteiger partial charge < -0.3 is 20.3 Å². The summed E-state index contributed by atoms with van der Waals surface area (Å²) >= 11 is 0. The molecule has 27 heavy (non-hydrogen) atoms. The maximum atomic E-state index is 12.5. The zero-order valence-corrected chi connectivity index (χ0v) is 15.3. The Hall–Kier alpha value is -2.90. The number of para-hydroxylation sites is 2. The summed E-state index contributed by atoms with van der Waals surface area (Å²) < 4.78 is 0. The number of amides is 2. The van der Waals surface area contributed by atoms with Crippen molar-refractivity contribution in [2.24, 2.45) is 0 Å². The maximum absolute atomic E-state index is 12.5. The van der Waals surface area contributed by atoms with Gasteiger partial charge in [-0.25, -0.2) is 4.98 Å². The summed E-state index contributed by atoms with van der Waals surface area (Å²) in [5.74, 6) is -0.333. The lowest BCUT2D eigenvalue weighted by Gasteiger charge is -2.29. The first kappa shape index (κ1) is 18.9. The molecule has 3 rings (SSSR count).